The summed E-state index contributed by atoms with van der Waals surface area (Å²) in [5.74, 6) is 0. The fraction of sp³-hybridized carbons (Fsp3) is 0. The van der Waals surface area contributed by atoms with Crippen molar-refractivity contribution in [3.05, 3.63) is 115 Å². The molecule has 5 heteroatoms. The van der Waals surface area contributed by atoms with Gasteiger partial charge in [0.15, 0.2) is 0 Å². The molecule has 0 radical (unpaired) electrons. The maximum absolute atomic E-state index is 4.81. The maximum atomic E-state index is 4.81. The molecular formula is C22H19Cl2FePPd. The van der Waals surface area contributed by atoms with Gasteiger partial charge in [-0.05, 0) is 10.6 Å². The average Bonchev–Trinajstić information content (AvgIpc) is 3.42. The van der Waals surface area contributed by atoms with Crippen molar-refractivity contribution in [3.63, 3.8) is 0 Å². The van der Waals surface area contributed by atoms with E-state index in [9.17, 15) is 0 Å². The summed E-state index contributed by atoms with van der Waals surface area (Å²) in [6.07, 6.45) is 0. The summed E-state index contributed by atoms with van der Waals surface area (Å²) in [6.45, 7) is 0. The first-order chi connectivity index (χ1) is 12.9. The predicted molar refractivity (Wildman–Crippen MR) is 114 cm³/mol. The van der Waals surface area contributed by atoms with Crippen molar-refractivity contribution >= 4 is 42.9 Å². The molecular weight excluding hydrogens is 528 g/mol. The number of benzene rings is 2. The Morgan fingerprint density at radius 3 is 1.41 bits per heavy atom. The molecule has 0 saturated heterocycles. The van der Waals surface area contributed by atoms with Gasteiger partial charge in [0.25, 0.3) is 0 Å². The van der Waals surface area contributed by atoms with Gasteiger partial charge >= 0.3 is 52.1 Å². The first-order valence-corrected chi connectivity index (χ1v) is 13.3. The van der Waals surface area contributed by atoms with Crippen molar-refractivity contribution in [1.29, 1.82) is 0 Å². The second-order valence-electron chi connectivity index (χ2n) is 5.16. The Bertz CT molecular complexity index is 734. The van der Waals surface area contributed by atoms with Crippen molar-refractivity contribution in [2.24, 2.45) is 0 Å². The van der Waals surface area contributed by atoms with E-state index in [1.807, 2.05) is 30.3 Å². The molecule has 0 spiro atoms. The summed E-state index contributed by atoms with van der Waals surface area (Å²) in [6, 6.07) is 40.2. The second-order valence-corrected chi connectivity index (χ2v) is 9.74. The number of hydrogen-bond donors (Lipinski definition) is 0. The van der Waals surface area contributed by atoms with E-state index in [0.29, 0.717) is 0 Å². The minimum atomic E-state index is -0.409. The molecule has 0 unspecified atom stereocenters. The number of rotatable bonds is 3. The molecule has 4 rings (SSSR count). The van der Waals surface area contributed by atoms with Crippen LogP contribution in [0.1, 0.15) is 0 Å². The molecule has 0 aliphatic rings. The van der Waals surface area contributed by atoms with Crippen LogP contribution in [-0.2, 0) is 33.0 Å². The van der Waals surface area contributed by atoms with Gasteiger partial charge in [0.1, 0.15) is 0 Å². The van der Waals surface area contributed by atoms with Gasteiger partial charge in [-0.25, -0.2) is 24.3 Å². The van der Waals surface area contributed by atoms with E-state index in [-0.39, 0.29) is 33.0 Å². The van der Waals surface area contributed by atoms with Crippen LogP contribution in [0.2, 0.25) is 0 Å². The minimum absolute atomic E-state index is 0. The molecule has 0 bridgehead atoms. The summed E-state index contributed by atoms with van der Waals surface area (Å²) in [5, 5.41) is 4.23. The van der Waals surface area contributed by atoms with Crippen LogP contribution in [0, 0.1) is 0 Å². The fourth-order valence-corrected chi connectivity index (χ4v) is 4.74. The van der Waals surface area contributed by atoms with Gasteiger partial charge < -0.3 is 0 Å². The molecule has 4 aromatic carbocycles. The first kappa shape index (κ1) is 24.4. The fourth-order valence-electron chi connectivity index (χ4n) is 2.44. The summed E-state index contributed by atoms with van der Waals surface area (Å²) >= 11 is -0.106. The summed E-state index contributed by atoms with van der Waals surface area (Å²) in [4.78, 5) is 0. The van der Waals surface area contributed by atoms with Gasteiger partial charge in [-0.15, -0.1) is 5.30 Å². The zero-order valence-electron chi connectivity index (χ0n) is 14.3. The van der Waals surface area contributed by atoms with Crippen molar-refractivity contribution in [2.75, 3.05) is 0 Å². The molecule has 27 heavy (non-hydrogen) atoms. The van der Waals surface area contributed by atoms with Gasteiger partial charge in [0, 0.05) is 0 Å². The summed E-state index contributed by atoms with van der Waals surface area (Å²) in [5.41, 5.74) is 0. The normalized spacial score (nSPS) is 9.44. The topological polar surface area (TPSA) is 0 Å². The Morgan fingerprint density at radius 1 is 0.667 bits per heavy atom. The van der Waals surface area contributed by atoms with Gasteiger partial charge in [0.2, 0.25) is 0 Å². The molecule has 0 aliphatic heterocycles. The van der Waals surface area contributed by atoms with E-state index >= 15 is 0 Å². The zero-order chi connectivity index (χ0) is 18.5. The predicted octanol–water partition coefficient (Wildman–Crippen LogP) is 5.94. The van der Waals surface area contributed by atoms with Crippen LogP contribution >= 0.6 is 27.0 Å². The first-order valence-electron chi connectivity index (χ1n) is 7.98. The molecule has 144 valence electrons. The van der Waals surface area contributed by atoms with Gasteiger partial charge in [-0.3, -0.25) is 0 Å². The number of hydrogen-bond acceptors (Lipinski definition) is 0. The van der Waals surface area contributed by atoms with Crippen LogP contribution in [-0.4, -0.2) is 0 Å². The Hall–Kier alpha value is -0.668. The monoisotopic (exact) mass is 546 g/mol. The molecule has 0 heterocycles. The van der Waals surface area contributed by atoms with Crippen molar-refractivity contribution in [2.45, 2.75) is 0 Å². The van der Waals surface area contributed by atoms with Crippen LogP contribution in [0.15, 0.2) is 115 Å². The standard InChI is InChI=1S/C17H14P.C5H5.2ClH.Fe.Pd/c1-3-9-15(10-4-1)18(17-13-7-8-14-17)16-11-5-2-6-12-16;1-2-4-5-3-1;;;;/h1-14H;1-5H;2*1H;;/q2*-1;;;2*+2/p-2. The van der Waals surface area contributed by atoms with Crippen LogP contribution in [0.5, 0.6) is 0 Å². The van der Waals surface area contributed by atoms with Crippen molar-refractivity contribution < 1.29 is 33.0 Å². The van der Waals surface area contributed by atoms with Crippen LogP contribution in [0.4, 0.5) is 0 Å². The third kappa shape index (κ3) is 8.91. The molecule has 0 amide bonds. The van der Waals surface area contributed by atoms with Crippen molar-refractivity contribution in [1.82, 2.24) is 0 Å². The molecule has 0 fully saturated rings. The SMILES string of the molecule is [Cl][Pd][Cl].[Fe+2].c1cc[cH-]c1.c1ccc(P(c2ccccc2)[c-]2cccc2)cc1. The Kier molecular flexibility index (Phi) is 13.8. The van der Waals surface area contributed by atoms with E-state index in [4.69, 9.17) is 19.1 Å². The summed E-state index contributed by atoms with van der Waals surface area (Å²) < 4.78 is 0. The van der Waals surface area contributed by atoms with Gasteiger partial charge in [0.05, 0.1) is 0 Å². The van der Waals surface area contributed by atoms with E-state index in [2.05, 4.69) is 84.9 Å². The van der Waals surface area contributed by atoms with E-state index in [1.54, 1.807) is 0 Å². The molecule has 0 N–H and O–H groups in total. The molecule has 0 nitrogen and oxygen atoms in total. The minimum Gasteiger partial charge on any atom is -0.214 e. The summed E-state index contributed by atoms with van der Waals surface area (Å²) in [7, 11) is 9.22. The van der Waals surface area contributed by atoms with Gasteiger partial charge in [-0.1, -0.05) is 68.6 Å². The largest absolute Gasteiger partial charge is 2.00 e. The molecule has 0 saturated carbocycles. The van der Waals surface area contributed by atoms with Crippen LogP contribution < -0.4 is 15.9 Å². The smallest absolute Gasteiger partial charge is 0.214 e. The molecule has 4 aromatic rings. The molecule has 0 aliphatic carbocycles. The Morgan fingerprint density at radius 2 is 1.07 bits per heavy atom. The second kappa shape index (κ2) is 15.3. The van der Waals surface area contributed by atoms with E-state index < -0.39 is 7.92 Å². The van der Waals surface area contributed by atoms with Crippen LogP contribution in [0.3, 0.4) is 0 Å². The average molecular weight is 548 g/mol. The molecule has 0 atom stereocenters. The molecule has 0 aromatic heterocycles. The third-order valence-electron chi connectivity index (χ3n) is 3.49. The van der Waals surface area contributed by atoms with Crippen molar-refractivity contribution in [3.8, 4) is 0 Å². The Balaban J connectivity index is 0.000000342. The quantitative estimate of drug-likeness (QED) is 0.169. The van der Waals surface area contributed by atoms with Gasteiger partial charge in [-0.2, -0.15) is 30.3 Å². The Labute approximate surface area is 190 Å². The zero-order valence-corrected chi connectivity index (χ0v) is 19.4. The number of halogens is 2. The van der Waals surface area contributed by atoms with E-state index in [1.165, 1.54) is 15.9 Å². The van der Waals surface area contributed by atoms with E-state index in [0.717, 1.165) is 0 Å². The van der Waals surface area contributed by atoms with Crippen LogP contribution in [0.25, 0.3) is 0 Å². The third-order valence-corrected chi connectivity index (χ3v) is 5.93. The maximum Gasteiger partial charge on any atom is 2.00 e.